The molecule has 4 aromatic rings. The summed E-state index contributed by atoms with van der Waals surface area (Å²) >= 11 is 0. The summed E-state index contributed by atoms with van der Waals surface area (Å²) in [7, 11) is 0. The summed E-state index contributed by atoms with van der Waals surface area (Å²) in [5.74, 6) is -3.54. The maximum absolute atomic E-state index is 14.9. The number of hydrogen-bond donors (Lipinski definition) is 1. The van der Waals surface area contributed by atoms with E-state index in [1.807, 2.05) is 0 Å². The molecule has 192 valence electrons. The zero-order chi connectivity index (χ0) is 27.6. The molecular weight excluding hydrogens is 509 g/mol. The van der Waals surface area contributed by atoms with Gasteiger partial charge in [-0.1, -0.05) is 30.9 Å². The van der Waals surface area contributed by atoms with Crippen molar-refractivity contribution < 1.29 is 26.7 Å². The van der Waals surface area contributed by atoms with E-state index < -0.39 is 46.2 Å². The van der Waals surface area contributed by atoms with E-state index in [4.69, 9.17) is 0 Å². The third kappa shape index (κ3) is 3.52. The monoisotopic (exact) mass is 525 g/mol. The third-order valence-corrected chi connectivity index (χ3v) is 6.48. The van der Waals surface area contributed by atoms with Gasteiger partial charge in [-0.05, 0) is 19.9 Å². The second-order valence-electron chi connectivity index (χ2n) is 8.77. The number of nitrogens with one attached hydrogen (secondary N) is 1. The van der Waals surface area contributed by atoms with E-state index in [0.717, 1.165) is 6.07 Å². The van der Waals surface area contributed by atoms with Crippen molar-refractivity contribution in [2.75, 3.05) is 5.32 Å². The lowest BCUT2D eigenvalue weighted by Gasteiger charge is -2.25. The van der Waals surface area contributed by atoms with E-state index in [1.165, 1.54) is 29.8 Å². The SMILES string of the molecule is C=Cc1cccc(Cn2nc(-c3nc(C#N)c4c(n3)NC(=O)C4(C)C(F)(F)F)c3cc(F)c(C)nc32)c1F. The van der Waals surface area contributed by atoms with Crippen molar-refractivity contribution in [2.24, 2.45) is 0 Å². The first-order valence-electron chi connectivity index (χ1n) is 11.0. The van der Waals surface area contributed by atoms with Crippen LogP contribution in [0.15, 0.2) is 30.8 Å². The lowest BCUT2D eigenvalue weighted by Crippen LogP contribution is -2.45. The Morgan fingerprint density at radius 1 is 1.24 bits per heavy atom. The number of alkyl halides is 3. The molecule has 0 spiro atoms. The zero-order valence-electron chi connectivity index (χ0n) is 19.8. The number of pyridine rings is 1. The summed E-state index contributed by atoms with van der Waals surface area (Å²) in [6.45, 7) is 5.47. The van der Waals surface area contributed by atoms with Crippen LogP contribution in [0.1, 0.15) is 35.0 Å². The van der Waals surface area contributed by atoms with Crippen molar-refractivity contribution in [2.45, 2.75) is 32.0 Å². The Morgan fingerprint density at radius 2 is 1.97 bits per heavy atom. The highest BCUT2D eigenvalue weighted by atomic mass is 19.4. The number of amides is 1. The number of carbonyl (C=O) groups is 1. The van der Waals surface area contributed by atoms with Gasteiger partial charge in [0.25, 0.3) is 0 Å². The molecule has 0 bridgehead atoms. The van der Waals surface area contributed by atoms with Crippen LogP contribution in [0.2, 0.25) is 0 Å². The van der Waals surface area contributed by atoms with Gasteiger partial charge in [0.1, 0.15) is 29.2 Å². The molecule has 38 heavy (non-hydrogen) atoms. The first-order valence-corrected chi connectivity index (χ1v) is 11.0. The number of nitrogens with zero attached hydrogens (tertiary/aromatic N) is 6. The largest absolute Gasteiger partial charge is 0.407 e. The van der Waals surface area contributed by atoms with Gasteiger partial charge in [0.2, 0.25) is 5.91 Å². The lowest BCUT2D eigenvalue weighted by molar-refractivity contribution is -0.186. The molecular formula is C25H16F5N7O. The fraction of sp³-hybridized carbons (Fsp3) is 0.200. The van der Waals surface area contributed by atoms with Crippen LogP contribution in [-0.4, -0.2) is 36.8 Å². The Morgan fingerprint density at radius 3 is 2.63 bits per heavy atom. The zero-order valence-corrected chi connectivity index (χ0v) is 19.8. The molecule has 0 radical (unpaired) electrons. The van der Waals surface area contributed by atoms with Crippen molar-refractivity contribution in [1.82, 2.24) is 24.7 Å². The number of aryl methyl sites for hydroxylation is 1. The first kappa shape index (κ1) is 24.9. The molecule has 1 atom stereocenters. The Labute approximate surface area is 211 Å². The number of carbonyl (C=O) groups excluding carboxylic acids is 1. The molecule has 8 nitrogen and oxygen atoms in total. The Kier molecular flexibility index (Phi) is 5.52. The molecule has 0 saturated carbocycles. The molecule has 1 unspecified atom stereocenters. The van der Waals surface area contributed by atoms with Gasteiger partial charge < -0.3 is 5.32 Å². The number of halogens is 5. The normalized spacial score (nSPS) is 16.8. The average Bonchev–Trinajstić information content (AvgIpc) is 3.34. The molecule has 0 saturated heterocycles. The first-order chi connectivity index (χ1) is 17.9. The molecule has 3 aromatic heterocycles. The topological polar surface area (TPSA) is 109 Å². The number of hydrogen-bond acceptors (Lipinski definition) is 6. The number of benzene rings is 1. The lowest BCUT2D eigenvalue weighted by atomic mass is 9.82. The number of nitriles is 1. The molecule has 0 aliphatic carbocycles. The number of anilines is 1. The summed E-state index contributed by atoms with van der Waals surface area (Å²) in [4.78, 5) is 24.6. The van der Waals surface area contributed by atoms with Crippen LogP contribution in [0.4, 0.5) is 27.8 Å². The quantitative estimate of drug-likeness (QED) is 0.383. The Balaban J connectivity index is 1.73. The summed E-state index contributed by atoms with van der Waals surface area (Å²) < 4.78 is 72.3. The van der Waals surface area contributed by atoms with E-state index in [-0.39, 0.29) is 45.9 Å². The summed E-state index contributed by atoms with van der Waals surface area (Å²) in [6.07, 6.45) is -3.70. The van der Waals surface area contributed by atoms with Crippen LogP contribution in [0.25, 0.3) is 28.6 Å². The van der Waals surface area contributed by atoms with Gasteiger partial charge in [-0.2, -0.15) is 23.5 Å². The number of aromatic nitrogens is 5. The van der Waals surface area contributed by atoms with Crippen molar-refractivity contribution in [3.8, 4) is 17.6 Å². The molecule has 4 heterocycles. The minimum absolute atomic E-state index is 0.0197. The van der Waals surface area contributed by atoms with Gasteiger partial charge in [-0.15, -0.1) is 0 Å². The minimum Gasteiger partial charge on any atom is -0.309 e. The molecule has 1 aromatic carbocycles. The maximum Gasteiger partial charge on any atom is 0.407 e. The molecule has 1 aliphatic heterocycles. The van der Waals surface area contributed by atoms with Gasteiger partial charge in [-0.3, -0.25) is 4.79 Å². The van der Waals surface area contributed by atoms with Gasteiger partial charge in [0, 0.05) is 11.1 Å². The molecule has 5 rings (SSSR count). The van der Waals surface area contributed by atoms with Crippen LogP contribution in [0.3, 0.4) is 0 Å². The highest BCUT2D eigenvalue weighted by Crippen LogP contribution is 2.49. The van der Waals surface area contributed by atoms with Gasteiger partial charge in [0.05, 0.1) is 23.2 Å². The van der Waals surface area contributed by atoms with Crippen LogP contribution >= 0.6 is 0 Å². The van der Waals surface area contributed by atoms with E-state index in [0.29, 0.717) is 6.92 Å². The van der Waals surface area contributed by atoms with Gasteiger partial charge >= 0.3 is 6.18 Å². The van der Waals surface area contributed by atoms with E-state index in [2.05, 4.69) is 31.9 Å². The predicted octanol–water partition coefficient (Wildman–Crippen LogP) is 4.81. The van der Waals surface area contributed by atoms with Crippen LogP contribution in [0.5, 0.6) is 0 Å². The number of fused-ring (bicyclic) bond motifs is 2. The Bertz CT molecular complexity index is 1720. The van der Waals surface area contributed by atoms with Crippen molar-refractivity contribution in [3.63, 3.8) is 0 Å². The van der Waals surface area contributed by atoms with Crippen LogP contribution in [0, 0.1) is 29.9 Å². The van der Waals surface area contributed by atoms with E-state index in [9.17, 15) is 32.0 Å². The summed E-state index contributed by atoms with van der Waals surface area (Å²) in [6, 6.07) is 7.34. The molecule has 0 fully saturated rings. The third-order valence-electron chi connectivity index (χ3n) is 6.48. The fourth-order valence-electron chi connectivity index (χ4n) is 4.31. The molecule has 13 heteroatoms. The highest BCUT2D eigenvalue weighted by molar-refractivity contribution is 6.06. The molecule has 1 N–H and O–H groups in total. The second-order valence-corrected chi connectivity index (χ2v) is 8.77. The molecule has 1 amide bonds. The average molecular weight is 525 g/mol. The highest BCUT2D eigenvalue weighted by Gasteiger charge is 2.63. The van der Waals surface area contributed by atoms with Crippen molar-refractivity contribution in [1.29, 1.82) is 5.26 Å². The van der Waals surface area contributed by atoms with Crippen molar-refractivity contribution >= 4 is 28.8 Å². The van der Waals surface area contributed by atoms with Gasteiger partial charge in [-0.25, -0.2) is 28.4 Å². The van der Waals surface area contributed by atoms with Crippen LogP contribution in [-0.2, 0) is 16.8 Å². The van der Waals surface area contributed by atoms with E-state index >= 15 is 0 Å². The van der Waals surface area contributed by atoms with Crippen LogP contribution < -0.4 is 5.32 Å². The Hall–Kier alpha value is -4.73. The fourth-order valence-corrected chi connectivity index (χ4v) is 4.31. The maximum atomic E-state index is 14.9. The molecule has 1 aliphatic rings. The second kappa shape index (κ2) is 8.41. The van der Waals surface area contributed by atoms with Crippen molar-refractivity contribution in [3.05, 3.63) is 70.6 Å². The smallest absolute Gasteiger partial charge is 0.309 e. The standard InChI is InChI=1S/C25H16F5N7O/c1-4-12-6-5-7-13(18(12)27)10-37-22-14(8-15(26)11(2)32-22)19(36-37)21-33-16(9-31)17-20(34-21)35-23(38)24(17,3)25(28,29)30/h4-8H,1,10H2,2-3H3,(H,33,34,35,38). The number of rotatable bonds is 4. The summed E-state index contributed by atoms with van der Waals surface area (Å²) in [5.41, 5.74) is -3.99. The van der Waals surface area contributed by atoms with E-state index in [1.54, 1.807) is 12.1 Å². The predicted molar refractivity (Wildman–Crippen MR) is 126 cm³/mol. The van der Waals surface area contributed by atoms with Gasteiger partial charge in [0.15, 0.2) is 22.6 Å². The summed E-state index contributed by atoms with van der Waals surface area (Å²) in [5, 5.41) is 16.1. The minimum atomic E-state index is -5.04.